The van der Waals surface area contributed by atoms with E-state index >= 15 is 0 Å². The Morgan fingerprint density at radius 3 is 2.72 bits per heavy atom. The molecule has 1 saturated heterocycles. The van der Waals surface area contributed by atoms with Crippen LogP contribution in [-0.4, -0.2) is 73.2 Å². The summed E-state index contributed by atoms with van der Waals surface area (Å²) < 4.78 is 11.2. The van der Waals surface area contributed by atoms with Crippen molar-refractivity contribution in [1.82, 2.24) is 20.1 Å². The number of nitrogens with zero attached hydrogens (tertiary/aromatic N) is 3. The average Bonchev–Trinajstić information content (AvgIpc) is 3.21. The zero-order valence-corrected chi connectivity index (χ0v) is 19.0. The maximum atomic E-state index is 13.2. The highest BCUT2D eigenvalue weighted by Gasteiger charge is 2.44. The molecule has 1 aromatic heterocycles. The molecule has 5 rings (SSSR count). The third-order valence-electron chi connectivity index (χ3n) is 6.86. The van der Waals surface area contributed by atoms with Gasteiger partial charge in [-0.15, -0.1) is 0 Å². The van der Waals surface area contributed by atoms with Gasteiger partial charge in [-0.1, -0.05) is 30.9 Å². The summed E-state index contributed by atoms with van der Waals surface area (Å²) in [7, 11) is 1.69. The molecule has 2 fully saturated rings. The van der Waals surface area contributed by atoms with Gasteiger partial charge >= 0.3 is 11.9 Å². The zero-order chi connectivity index (χ0) is 22.3. The number of benzene rings is 1. The first-order chi connectivity index (χ1) is 15.5. The van der Waals surface area contributed by atoms with Crippen LogP contribution in [0.2, 0.25) is 5.02 Å². The summed E-state index contributed by atoms with van der Waals surface area (Å²) in [6.07, 6.45) is 4.73. The van der Waals surface area contributed by atoms with E-state index in [9.17, 15) is 9.59 Å². The predicted octanol–water partition coefficient (Wildman–Crippen LogP) is 3.18. The summed E-state index contributed by atoms with van der Waals surface area (Å²) in [6, 6.07) is 1.41. The first-order valence-electron chi connectivity index (χ1n) is 11.2. The van der Waals surface area contributed by atoms with Crippen LogP contribution >= 0.6 is 11.6 Å². The van der Waals surface area contributed by atoms with Crippen LogP contribution < -0.4 is 10.6 Å². The normalized spacial score (nSPS) is 20.8. The second-order valence-corrected chi connectivity index (χ2v) is 9.23. The fraction of sp³-hybridized carbons (Fsp3) is 0.591. The molecule has 9 nitrogen and oxygen atoms in total. The molecule has 2 N–H and O–H groups in total. The largest absolute Gasteiger partial charge is 0.432 e. The zero-order valence-electron chi connectivity index (χ0n) is 18.2. The van der Waals surface area contributed by atoms with E-state index in [2.05, 4.69) is 20.5 Å². The molecule has 10 heteroatoms. The van der Waals surface area contributed by atoms with E-state index in [1.54, 1.807) is 18.1 Å². The van der Waals surface area contributed by atoms with Gasteiger partial charge in [0.15, 0.2) is 5.58 Å². The van der Waals surface area contributed by atoms with E-state index in [1.165, 1.54) is 0 Å². The van der Waals surface area contributed by atoms with Gasteiger partial charge in [-0.25, -0.2) is 9.78 Å². The molecule has 0 unspecified atom stereocenters. The number of aromatic nitrogens is 1. The van der Waals surface area contributed by atoms with Crippen molar-refractivity contribution in [2.75, 3.05) is 51.8 Å². The lowest BCUT2D eigenvalue weighted by molar-refractivity contribution is 0.0560. The van der Waals surface area contributed by atoms with Gasteiger partial charge < -0.3 is 24.7 Å². The summed E-state index contributed by atoms with van der Waals surface area (Å²) in [6.45, 7) is 4.33. The molecule has 2 aliphatic heterocycles. The van der Waals surface area contributed by atoms with Crippen molar-refractivity contribution in [3.8, 4) is 0 Å². The standard InChI is InChI=1S/C22H28ClN5O4/c1-31-12-11-27-7-9-28(10-8-27)20(29)19-24-15-13-14(23)17-16(18(15)32-19)22(26-21(30)25-17)5-3-2-4-6-22/h13H,2-12H2,1H3,(H2,25,26,30). The fourth-order valence-corrected chi connectivity index (χ4v) is 5.43. The number of nitrogens with one attached hydrogen (secondary N) is 2. The molecule has 1 aromatic carbocycles. The van der Waals surface area contributed by atoms with E-state index in [4.69, 9.17) is 20.8 Å². The molecule has 172 valence electrons. The van der Waals surface area contributed by atoms with Crippen LogP contribution in [0.15, 0.2) is 10.5 Å². The number of carbonyl (C=O) groups excluding carboxylic acids is 2. The number of hydrogen-bond donors (Lipinski definition) is 2. The molecule has 3 aliphatic rings. The first kappa shape index (κ1) is 21.5. The van der Waals surface area contributed by atoms with Crippen molar-refractivity contribution in [3.63, 3.8) is 0 Å². The van der Waals surface area contributed by atoms with E-state index in [1.807, 2.05) is 0 Å². The summed E-state index contributed by atoms with van der Waals surface area (Å²) in [5, 5.41) is 6.37. The number of hydrogen-bond acceptors (Lipinski definition) is 6. The number of amides is 3. The molecule has 0 radical (unpaired) electrons. The van der Waals surface area contributed by atoms with Gasteiger partial charge in [0.05, 0.1) is 22.9 Å². The van der Waals surface area contributed by atoms with Gasteiger partial charge in [-0.05, 0) is 18.9 Å². The Kier molecular flexibility index (Phi) is 5.73. The summed E-state index contributed by atoms with van der Waals surface area (Å²) in [5.41, 5.74) is 1.90. The van der Waals surface area contributed by atoms with E-state index < -0.39 is 5.54 Å². The molecular formula is C22H28ClN5O4. The number of halogens is 1. The Hall–Kier alpha value is -2.36. The lowest BCUT2D eigenvalue weighted by Gasteiger charge is -2.42. The van der Waals surface area contributed by atoms with Crippen LogP contribution in [0.5, 0.6) is 0 Å². The maximum absolute atomic E-state index is 13.2. The molecule has 1 aliphatic carbocycles. The van der Waals surface area contributed by atoms with Gasteiger partial charge in [0.25, 0.3) is 5.89 Å². The van der Waals surface area contributed by atoms with Crippen LogP contribution in [-0.2, 0) is 10.3 Å². The van der Waals surface area contributed by atoms with E-state index in [0.29, 0.717) is 41.5 Å². The van der Waals surface area contributed by atoms with Crippen LogP contribution in [0.1, 0.15) is 48.4 Å². The van der Waals surface area contributed by atoms with Crippen LogP contribution in [0.3, 0.4) is 0 Å². The van der Waals surface area contributed by atoms with Gasteiger partial charge in [0.2, 0.25) is 0 Å². The quantitative estimate of drug-likeness (QED) is 0.725. The smallest absolute Gasteiger partial charge is 0.319 e. The topological polar surface area (TPSA) is 99.9 Å². The number of rotatable bonds is 4. The van der Waals surface area contributed by atoms with Crippen molar-refractivity contribution in [2.45, 2.75) is 37.6 Å². The second kappa shape index (κ2) is 8.53. The molecule has 0 atom stereocenters. The molecule has 32 heavy (non-hydrogen) atoms. The Bertz CT molecular complexity index is 1040. The molecule has 2 aromatic rings. The van der Waals surface area contributed by atoms with Gasteiger partial charge in [-0.2, -0.15) is 0 Å². The molecule has 0 bridgehead atoms. The lowest BCUT2D eigenvalue weighted by Crippen LogP contribution is -2.52. The number of piperazine rings is 1. The number of oxazole rings is 1. The molecule has 1 saturated carbocycles. The number of ether oxygens (including phenoxy) is 1. The third kappa shape index (κ3) is 3.72. The maximum Gasteiger partial charge on any atom is 0.319 e. The summed E-state index contributed by atoms with van der Waals surface area (Å²) in [5.74, 6) is -0.152. The van der Waals surface area contributed by atoms with Crippen LogP contribution in [0, 0.1) is 0 Å². The van der Waals surface area contributed by atoms with E-state index in [-0.39, 0.29) is 17.8 Å². The first-order valence-corrected chi connectivity index (χ1v) is 11.6. The van der Waals surface area contributed by atoms with Gasteiger partial charge in [0, 0.05) is 45.4 Å². The minimum atomic E-state index is -0.550. The summed E-state index contributed by atoms with van der Waals surface area (Å²) >= 11 is 6.55. The van der Waals surface area contributed by atoms with Crippen molar-refractivity contribution < 1.29 is 18.7 Å². The van der Waals surface area contributed by atoms with Crippen LogP contribution in [0.25, 0.3) is 11.1 Å². The van der Waals surface area contributed by atoms with E-state index in [0.717, 1.165) is 57.3 Å². The van der Waals surface area contributed by atoms with Gasteiger partial charge in [-0.3, -0.25) is 9.69 Å². The lowest BCUT2D eigenvalue weighted by atomic mass is 9.74. The molecule has 3 heterocycles. The number of urea groups is 1. The highest BCUT2D eigenvalue weighted by molar-refractivity contribution is 6.35. The Morgan fingerprint density at radius 2 is 2.00 bits per heavy atom. The third-order valence-corrected chi connectivity index (χ3v) is 7.16. The minimum Gasteiger partial charge on any atom is -0.432 e. The molecule has 3 amide bonds. The summed E-state index contributed by atoms with van der Waals surface area (Å²) in [4.78, 5) is 34.1. The van der Waals surface area contributed by atoms with Crippen LogP contribution in [0.4, 0.5) is 10.5 Å². The highest BCUT2D eigenvalue weighted by Crippen LogP contribution is 2.48. The number of carbonyl (C=O) groups is 2. The second-order valence-electron chi connectivity index (χ2n) is 8.82. The fourth-order valence-electron chi connectivity index (χ4n) is 5.19. The number of methoxy groups -OCH3 is 1. The van der Waals surface area contributed by atoms with Gasteiger partial charge in [0.1, 0.15) is 5.52 Å². The van der Waals surface area contributed by atoms with Crippen molar-refractivity contribution in [2.24, 2.45) is 0 Å². The van der Waals surface area contributed by atoms with Crippen molar-refractivity contribution in [1.29, 1.82) is 0 Å². The highest BCUT2D eigenvalue weighted by atomic mass is 35.5. The molecule has 1 spiro atoms. The Morgan fingerprint density at radius 1 is 1.25 bits per heavy atom. The predicted molar refractivity (Wildman–Crippen MR) is 120 cm³/mol. The Balaban J connectivity index is 1.47. The minimum absolute atomic E-state index is 0.0673. The number of fused-ring (bicyclic) bond motifs is 4. The molecular weight excluding hydrogens is 434 g/mol. The average molecular weight is 462 g/mol. The monoisotopic (exact) mass is 461 g/mol. The SMILES string of the molecule is COCCN1CCN(C(=O)c2nc3cc(Cl)c4c(c3o2)C2(CCCCC2)NC(=O)N4)CC1. The number of anilines is 1. The van der Waals surface area contributed by atoms with Crippen molar-refractivity contribution in [3.05, 3.63) is 22.5 Å². The Labute approximate surface area is 191 Å². The van der Waals surface area contributed by atoms with Crippen molar-refractivity contribution >= 4 is 40.3 Å².